The monoisotopic (exact) mass is 294 g/mol. The number of hydrogen-bond acceptors (Lipinski definition) is 4. The summed E-state index contributed by atoms with van der Waals surface area (Å²) in [6.45, 7) is 8.14. The highest BCUT2D eigenvalue weighted by Gasteiger charge is 2.27. The van der Waals surface area contributed by atoms with Crippen molar-refractivity contribution in [3.63, 3.8) is 0 Å². The highest BCUT2D eigenvalue weighted by atomic mass is 16.3. The third-order valence-corrected chi connectivity index (χ3v) is 4.11. The zero-order valence-electron chi connectivity index (χ0n) is 13.1. The fourth-order valence-electron chi connectivity index (χ4n) is 2.43. The van der Waals surface area contributed by atoms with Gasteiger partial charge in [-0.2, -0.15) is 0 Å². The van der Waals surface area contributed by atoms with Crippen LogP contribution in [0, 0.1) is 5.41 Å². The molecule has 118 valence electrons. The number of nitrogens with one attached hydrogen (secondary N) is 1. The van der Waals surface area contributed by atoms with Crippen molar-refractivity contribution in [3.8, 4) is 0 Å². The minimum Gasteiger partial charge on any atom is -0.459 e. The van der Waals surface area contributed by atoms with Crippen LogP contribution in [0.2, 0.25) is 0 Å². The minimum atomic E-state index is -0.361. The van der Waals surface area contributed by atoms with Crippen LogP contribution in [0.3, 0.4) is 0 Å². The Labute approximate surface area is 126 Å². The molecule has 1 atom stereocenters. The lowest BCUT2D eigenvalue weighted by molar-refractivity contribution is 0.0539. The molecule has 0 aliphatic carbocycles. The Morgan fingerprint density at radius 1 is 1.48 bits per heavy atom. The standard InChI is InChI=1S/C16H26N2O3/c1-16(2,3)14(19)11-17-12-6-8-18(9-7-12)15(20)13-5-4-10-21-13/h4-5,10,12,14,17,19H,6-9,11H2,1-3H3. The van der Waals surface area contributed by atoms with E-state index in [2.05, 4.69) is 5.32 Å². The normalized spacial score (nSPS) is 18.8. The number of piperidine rings is 1. The van der Waals surface area contributed by atoms with Gasteiger partial charge in [0.1, 0.15) is 0 Å². The smallest absolute Gasteiger partial charge is 0.289 e. The number of rotatable bonds is 4. The molecule has 1 unspecified atom stereocenters. The van der Waals surface area contributed by atoms with Crippen LogP contribution in [0.4, 0.5) is 0 Å². The molecule has 1 aliphatic rings. The van der Waals surface area contributed by atoms with Gasteiger partial charge in [-0.1, -0.05) is 20.8 Å². The third kappa shape index (κ3) is 4.32. The fraction of sp³-hybridized carbons (Fsp3) is 0.688. The fourth-order valence-corrected chi connectivity index (χ4v) is 2.43. The second-order valence-corrected chi connectivity index (χ2v) is 6.83. The summed E-state index contributed by atoms with van der Waals surface area (Å²) >= 11 is 0. The summed E-state index contributed by atoms with van der Waals surface area (Å²) in [7, 11) is 0. The van der Waals surface area contributed by atoms with Crippen molar-refractivity contribution in [1.82, 2.24) is 10.2 Å². The summed E-state index contributed by atoms with van der Waals surface area (Å²) in [6.07, 6.45) is 2.97. The molecule has 2 N–H and O–H groups in total. The van der Waals surface area contributed by atoms with Crippen molar-refractivity contribution >= 4 is 5.91 Å². The minimum absolute atomic E-state index is 0.0341. The maximum absolute atomic E-state index is 12.1. The number of nitrogens with zero attached hydrogens (tertiary/aromatic N) is 1. The van der Waals surface area contributed by atoms with Crippen molar-refractivity contribution < 1.29 is 14.3 Å². The maximum atomic E-state index is 12.1. The van der Waals surface area contributed by atoms with E-state index in [9.17, 15) is 9.90 Å². The Hall–Kier alpha value is -1.33. The van der Waals surface area contributed by atoms with Gasteiger partial charge in [0.05, 0.1) is 12.4 Å². The lowest BCUT2D eigenvalue weighted by Crippen LogP contribution is -2.47. The topological polar surface area (TPSA) is 65.7 Å². The molecule has 0 spiro atoms. The van der Waals surface area contributed by atoms with E-state index in [4.69, 9.17) is 4.42 Å². The number of amides is 1. The summed E-state index contributed by atoms with van der Waals surface area (Å²) in [5.41, 5.74) is -0.108. The average molecular weight is 294 g/mol. The van der Waals surface area contributed by atoms with Gasteiger partial charge < -0.3 is 19.7 Å². The average Bonchev–Trinajstić information content (AvgIpc) is 2.97. The van der Waals surface area contributed by atoms with Gasteiger partial charge in [-0.15, -0.1) is 0 Å². The molecule has 5 nitrogen and oxygen atoms in total. The van der Waals surface area contributed by atoms with Crippen LogP contribution in [0.5, 0.6) is 0 Å². The number of likely N-dealkylation sites (tertiary alicyclic amines) is 1. The van der Waals surface area contributed by atoms with Gasteiger partial charge in [0.2, 0.25) is 0 Å². The second-order valence-electron chi connectivity index (χ2n) is 6.83. The first kappa shape index (κ1) is 16.0. The van der Waals surface area contributed by atoms with E-state index in [1.807, 2.05) is 25.7 Å². The number of carbonyl (C=O) groups is 1. The molecule has 1 aliphatic heterocycles. The first-order valence-corrected chi connectivity index (χ1v) is 7.62. The Morgan fingerprint density at radius 2 is 2.14 bits per heavy atom. The van der Waals surface area contributed by atoms with Crippen LogP contribution >= 0.6 is 0 Å². The first-order valence-electron chi connectivity index (χ1n) is 7.62. The Kier molecular flexibility index (Phi) is 5.06. The number of aliphatic hydroxyl groups excluding tert-OH is 1. The molecule has 2 heterocycles. The van der Waals surface area contributed by atoms with E-state index in [0.29, 0.717) is 18.3 Å². The van der Waals surface area contributed by atoms with Crippen LogP contribution < -0.4 is 5.32 Å². The molecule has 0 bridgehead atoms. The summed E-state index contributed by atoms with van der Waals surface area (Å²) in [5, 5.41) is 13.5. The molecule has 0 aromatic carbocycles. The van der Waals surface area contributed by atoms with Crippen LogP contribution in [-0.4, -0.2) is 47.7 Å². The quantitative estimate of drug-likeness (QED) is 0.890. The molecule has 21 heavy (non-hydrogen) atoms. The molecule has 1 aromatic rings. The van der Waals surface area contributed by atoms with E-state index in [-0.39, 0.29) is 17.4 Å². The predicted molar refractivity (Wildman–Crippen MR) is 81.1 cm³/mol. The van der Waals surface area contributed by atoms with Crippen molar-refractivity contribution in [2.24, 2.45) is 5.41 Å². The van der Waals surface area contributed by atoms with Gasteiger partial charge in [0.25, 0.3) is 5.91 Å². The van der Waals surface area contributed by atoms with Gasteiger partial charge in [0.15, 0.2) is 5.76 Å². The summed E-state index contributed by atoms with van der Waals surface area (Å²) in [5.74, 6) is 0.373. The molecule has 0 saturated carbocycles. The van der Waals surface area contributed by atoms with Gasteiger partial charge in [-0.3, -0.25) is 4.79 Å². The van der Waals surface area contributed by atoms with Crippen LogP contribution in [0.15, 0.2) is 22.8 Å². The highest BCUT2D eigenvalue weighted by molar-refractivity contribution is 5.91. The highest BCUT2D eigenvalue weighted by Crippen LogP contribution is 2.19. The lowest BCUT2D eigenvalue weighted by Gasteiger charge is -2.34. The van der Waals surface area contributed by atoms with E-state index in [1.54, 1.807) is 12.1 Å². The largest absolute Gasteiger partial charge is 0.459 e. The Balaban J connectivity index is 1.75. The maximum Gasteiger partial charge on any atom is 0.289 e. The van der Waals surface area contributed by atoms with E-state index >= 15 is 0 Å². The molecule has 1 fully saturated rings. The molecule has 5 heteroatoms. The van der Waals surface area contributed by atoms with Crippen molar-refractivity contribution in [3.05, 3.63) is 24.2 Å². The van der Waals surface area contributed by atoms with Gasteiger partial charge >= 0.3 is 0 Å². The number of hydrogen-bond donors (Lipinski definition) is 2. The summed E-state index contributed by atoms with van der Waals surface area (Å²) in [4.78, 5) is 14.0. The predicted octanol–water partition coefficient (Wildman–Crippen LogP) is 1.88. The Bertz CT molecular complexity index is 443. The number of carbonyl (C=O) groups excluding carboxylic acids is 1. The van der Waals surface area contributed by atoms with Crippen molar-refractivity contribution in [2.75, 3.05) is 19.6 Å². The van der Waals surface area contributed by atoms with Crippen LogP contribution in [-0.2, 0) is 0 Å². The van der Waals surface area contributed by atoms with Crippen molar-refractivity contribution in [2.45, 2.75) is 45.8 Å². The molecule has 1 amide bonds. The van der Waals surface area contributed by atoms with Gasteiger partial charge in [-0.25, -0.2) is 0 Å². The third-order valence-electron chi connectivity index (χ3n) is 4.11. The molecule has 1 saturated heterocycles. The molecule has 1 aromatic heterocycles. The summed E-state index contributed by atoms with van der Waals surface area (Å²) < 4.78 is 5.15. The molecular weight excluding hydrogens is 268 g/mol. The molecule has 2 rings (SSSR count). The number of furan rings is 1. The second kappa shape index (κ2) is 6.62. The van der Waals surface area contributed by atoms with Gasteiger partial charge in [0, 0.05) is 25.7 Å². The van der Waals surface area contributed by atoms with Crippen LogP contribution in [0.1, 0.15) is 44.2 Å². The van der Waals surface area contributed by atoms with E-state index in [1.165, 1.54) is 6.26 Å². The summed E-state index contributed by atoms with van der Waals surface area (Å²) in [6, 6.07) is 3.80. The van der Waals surface area contributed by atoms with Gasteiger partial charge in [-0.05, 0) is 30.4 Å². The van der Waals surface area contributed by atoms with E-state index in [0.717, 1.165) is 25.9 Å². The number of aliphatic hydroxyl groups is 1. The lowest BCUT2D eigenvalue weighted by atomic mass is 9.89. The zero-order valence-corrected chi connectivity index (χ0v) is 13.1. The first-order chi connectivity index (χ1) is 9.88. The zero-order chi connectivity index (χ0) is 15.5. The Morgan fingerprint density at radius 3 is 2.67 bits per heavy atom. The van der Waals surface area contributed by atoms with Crippen molar-refractivity contribution in [1.29, 1.82) is 0 Å². The van der Waals surface area contributed by atoms with E-state index < -0.39 is 0 Å². The van der Waals surface area contributed by atoms with Crippen LogP contribution in [0.25, 0.3) is 0 Å². The SMILES string of the molecule is CC(C)(C)C(O)CNC1CCN(C(=O)c2ccco2)CC1. The molecular formula is C16H26N2O3. The molecule has 0 radical (unpaired) electrons.